The first kappa shape index (κ1) is 9.49. The Labute approximate surface area is 87.6 Å². The highest BCUT2D eigenvalue weighted by Gasteiger charge is 2.15. The van der Waals surface area contributed by atoms with E-state index in [9.17, 15) is 0 Å². The van der Waals surface area contributed by atoms with Crippen LogP contribution in [-0.2, 0) is 0 Å². The molecular formula is C11H13NOS. The second kappa shape index (κ2) is 4.44. The number of nitrogens with one attached hydrogen (secondary N) is 1. The molecule has 74 valence electrons. The van der Waals surface area contributed by atoms with Crippen molar-refractivity contribution in [2.24, 2.45) is 0 Å². The van der Waals surface area contributed by atoms with Gasteiger partial charge in [-0.3, -0.25) is 0 Å². The third kappa shape index (κ3) is 1.89. The first-order valence-corrected chi connectivity index (χ1v) is 5.60. The predicted molar refractivity (Wildman–Crippen MR) is 58.5 cm³/mol. The highest BCUT2D eigenvalue weighted by molar-refractivity contribution is 7.10. The Morgan fingerprint density at radius 2 is 2.36 bits per heavy atom. The summed E-state index contributed by atoms with van der Waals surface area (Å²) in [5, 5.41) is 5.49. The fraction of sp³-hybridized carbons (Fsp3) is 0.273. The van der Waals surface area contributed by atoms with Crippen molar-refractivity contribution in [3.63, 3.8) is 0 Å². The Bertz CT molecular complexity index is 318. The summed E-state index contributed by atoms with van der Waals surface area (Å²) in [4.78, 5) is 1.29. The average molecular weight is 207 g/mol. The molecule has 2 nitrogen and oxygen atoms in total. The van der Waals surface area contributed by atoms with Crippen molar-refractivity contribution in [1.29, 1.82) is 0 Å². The van der Waals surface area contributed by atoms with Crippen molar-refractivity contribution in [3.05, 3.63) is 46.5 Å². The number of hydrogen-bond donors (Lipinski definition) is 1. The molecule has 2 aromatic rings. The number of thiophene rings is 1. The van der Waals surface area contributed by atoms with E-state index in [0.717, 1.165) is 12.3 Å². The van der Waals surface area contributed by atoms with Gasteiger partial charge < -0.3 is 9.73 Å². The average Bonchev–Trinajstić information content (AvgIpc) is 2.87. The van der Waals surface area contributed by atoms with E-state index in [-0.39, 0.29) is 6.04 Å². The van der Waals surface area contributed by atoms with Crippen LogP contribution in [0.1, 0.15) is 23.6 Å². The van der Waals surface area contributed by atoms with Gasteiger partial charge in [-0.2, -0.15) is 0 Å². The lowest BCUT2D eigenvalue weighted by Crippen LogP contribution is -2.20. The molecule has 0 aromatic carbocycles. The van der Waals surface area contributed by atoms with Gasteiger partial charge >= 0.3 is 0 Å². The van der Waals surface area contributed by atoms with Crippen molar-refractivity contribution < 1.29 is 4.42 Å². The largest absolute Gasteiger partial charge is 0.467 e. The number of rotatable bonds is 4. The summed E-state index contributed by atoms with van der Waals surface area (Å²) in [7, 11) is 0. The Morgan fingerprint density at radius 3 is 2.93 bits per heavy atom. The van der Waals surface area contributed by atoms with Gasteiger partial charge in [0, 0.05) is 4.88 Å². The molecule has 1 N–H and O–H groups in total. The Balaban J connectivity index is 2.25. The molecule has 0 aliphatic carbocycles. The summed E-state index contributed by atoms with van der Waals surface area (Å²) in [5.74, 6) is 0.981. The second-order valence-corrected chi connectivity index (χ2v) is 4.00. The summed E-state index contributed by atoms with van der Waals surface area (Å²) in [6.45, 7) is 3.03. The third-order valence-electron chi connectivity index (χ3n) is 2.06. The molecule has 0 radical (unpaired) electrons. The second-order valence-electron chi connectivity index (χ2n) is 3.02. The Morgan fingerprint density at radius 1 is 1.43 bits per heavy atom. The van der Waals surface area contributed by atoms with Crippen LogP contribution in [0.15, 0.2) is 40.3 Å². The minimum atomic E-state index is 0.204. The van der Waals surface area contributed by atoms with Crippen LogP contribution in [0.2, 0.25) is 0 Å². The quantitative estimate of drug-likeness (QED) is 0.833. The van der Waals surface area contributed by atoms with Gasteiger partial charge in [-0.05, 0) is 30.1 Å². The lowest BCUT2D eigenvalue weighted by molar-refractivity contribution is 0.455. The number of furan rings is 1. The van der Waals surface area contributed by atoms with Gasteiger partial charge in [0.2, 0.25) is 0 Å². The maximum absolute atomic E-state index is 5.42. The van der Waals surface area contributed by atoms with Crippen LogP contribution in [-0.4, -0.2) is 6.54 Å². The van der Waals surface area contributed by atoms with Crippen LogP contribution < -0.4 is 5.32 Å². The van der Waals surface area contributed by atoms with E-state index in [1.165, 1.54) is 4.88 Å². The van der Waals surface area contributed by atoms with E-state index >= 15 is 0 Å². The molecule has 0 spiro atoms. The first-order chi connectivity index (χ1) is 6.92. The zero-order valence-corrected chi connectivity index (χ0v) is 8.88. The molecule has 2 rings (SSSR count). The molecule has 2 aromatic heterocycles. The van der Waals surface area contributed by atoms with Crippen LogP contribution in [0.3, 0.4) is 0 Å². The van der Waals surface area contributed by atoms with Crippen LogP contribution in [0.5, 0.6) is 0 Å². The van der Waals surface area contributed by atoms with Crippen molar-refractivity contribution in [2.75, 3.05) is 6.54 Å². The highest BCUT2D eigenvalue weighted by atomic mass is 32.1. The smallest absolute Gasteiger partial charge is 0.126 e. The molecule has 2 heterocycles. The van der Waals surface area contributed by atoms with Gasteiger partial charge in [0.15, 0.2) is 0 Å². The van der Waals surface area contributed by atoms with Crippen molar-refractivity contribution in [3.8, 4) is 0 Å². The summed E-state index contributed by atoms with van der Waals surface area (Å²) in [5.41, 5.74) is 0. The lowest BCUT2D eigenvalue weighted by Gasteiger charge is -2.13. The van der Waals surface area contributed by atoms with Gasteiger partial charge in [0.25, 0.3) is 0 Å². The van der Waals surface area contributed by atoms with E-state index in [1.54, 1.807) is 17.6 Å². The molecule has 1 unspecified atom stereocenters. The standard InChI is InChI=1S/C11H13NOS/c1-2-12-11(9-5-3-7-13-9)10-6-4-8-14-10/h3-8,11-12H,2H2,1H3. The topological polar surface area (TPSA) is 25.2 Å². The molecular weight excluding hydrogens is 194 g/mol. The fourth-order valence-corrected chi connectivity index (χ4v) is 2.26. The van der Waals surface area contributed by atoms with E-state index in [0.29, 0.717) is 0 Å². The molecule has 3 heteroatoms. The van der Waals surface area contributed by atoms with Crippen molar-refractivity contribution in [1.82, 2.24) is 5.32 Å². The van der Waals surface area contributed by atoms with Crippen LogP contribution in [0.25, 0.3) is 0 Å². The lowest BCUT2D eigenvalue weighted by atomic mass is 10.2. The fourth-order valence-electron chi connectivity index (χ4n) is 1.46. The van der Waals surface area contributed by atoms with Gasteiger partial charge in [-0.1, -0.05) is 13.0 Å². The van der Waals surface area contributed by atoms with Crippen LogP contribution >= 0.6 is 11.3 Å². The number of hydrogen-bond acceptors (Lipinski definition) is 3. The molecule has 0 aliphatic heterocycles. The zero-order valence-electron chi connectivity index (χ0n) is 8.07. The third-order valence-corrected chi connectivity index (χ3v) is 3.00. The Hall–Kier alpha value is -1.06. The van der Waals surface area contributed by atoms with E-state index in [2.05, 4.69) is 29.8 Å². The molecule has 0 bridgehead atoms. The van der Waals surface area contributed by atoms with Gasteiger partial charge in [-0.15, -0.1) is 11.3 Å². The zero-order chi connectivity index (χ0) is 9.80. The molecule has 0 amide bonds. The molecule has 0 saturated heterocycles. The van der Waals surface area contributed by atoms with E-state index < -0.39 is 0 Å². The summed E-state index contributed by atoms with van der Waals surface area (Å²) < 4.78 is 5.42. The van der Waals surface area contributed by atoms with E-state index in [4.69, 9.17) is 4.42 Å². The van der Waals surface area contributed by atoms with Crippen molar-refractivity contribution >= 4 is 11.3 Å². The first-order valence-electron chi connectivity index (χ1n) is 4.72. The van der Waals surface area contributed by atoms with Crippen LogP contribution in [0.4, 0.5) is 0 Å². The molecule has 0 fully saturated rings. The summed E-state index contributed by atoms with van der Waals surface area (Å²) in [6.07, 6.45) is 1.72. The summed E-state index contributed by atoms with van der Waals surface area (Å²) in [6, 6.07) is 8.32. The summed E-state index contributed by atoms with van der Waals surface area (Å²) >= 11 is 1.75. The maximum Gasteiger partial charge on any atom is 0.126 e. The SMILES string of the molecule is CCNC(c1ccco1)c1cccs1. The molecule has 0 aliphatic rings. The monoisotopic (exact) mass is 207 g/mol. The molecule has 14 heavy (non-hydrogen) atoms. The normalized spacial score (nSPS) is 12.9. The Kier molecular flexibility index (Phi) is 3.01. The predicted octanol–water partition coefficient (Wildman–Crippen LogP) is 3.04. The van der Waals surface area contributed by atoms with Gasteiger partial charge in [0.1, 0.15) is 11.8 Å². The molecule has 1 atom stereocenters. The maximum atomic E-state index is 5.42. The minimum absolute atomic E-state index is 0.204. The van der Waals surface area contributed by atoms with Crippen LogP contribution in [0, 0.1) is 0 Å². The van der Waals surface area contributed by atoms with E-state index in [1.807, 2.05) is 12.1 Å². The van der Waals surface area contributed by atoms with Gasteiger partial charge in [-0.25, -0.2) is 0 Å². The van der Waals surface area contributed by atoms with Crippen molar-refractivity contribution in [2.45, 2.75) is 13.0 Å². The minimum Gasteiger partial charge on any atom is -0.467 e. The molecule has 0 saturated carbocycles. The van der Waals surface area contributed by atoms with Gasteiger partial charge in [0.05, 0.1) is 6.26 Å². The highest BCUT2D eigenvalue weighted by Crippen LogP contribution is 2.25.